The van der Waals surface area contributed by atoms with Crippen molar-refractivity contribution in [1.82, 2.24) is 4.98 Å². The zero-order valence-corrected chi connectivity index (χ0v) is 8.67. The number of aromatic nitrogens is 1. The highest BCUT2D eigenvalue weighted by Gasteiger charge is 2.15. The minimum atomic E-state index is -0.636. The summed E-state index contributed by atoms with van der Waals surface area (Å²) < 4.78 is 27.4. The minimum absolute atomic E-state index is 0.117. The van der Waals surface area contributed by atoms with Crippen LogP contribution in [0.15, 0.2) is 30.5 Å². The van der Waals surface area contributed by atoms with Gasteiger partial charge in [-0.05, 0) is 30.7 Å². The molecule has 82 valence electrons. The normalized spacial score (nSPS) is 10.4. The summed E-state index contributed by atoms with van der Waals surface area (Å²) in [5, 5.41) is 0. The van der Waals surface area contributed by atoms with Crippen molar-refractivity contribution in [3.05, 3.63) is 47.7 Å². The summed E-state index contributed by atoms with van der Waals surface area (Å²) in [6.45, 7) is 1.57. The van der Waals surface area contributed by atoms with Crippen molar-refractivity contribution in [3.63, 3.8) is 0 Å². The molecule has 2 rings (SSSR count). The van der Waals surface area contributed by atoms with Gasteiger partial charge >= 0.3 is 0 Å². The van der Waals surface area contributed by atoms with E-state index in [0.717, 1.165) is 0 Å². The van der Waals surface area contributed by atoms with Gasteiger partial charge in [-0.25, -0.2) is 13.8 Å². The molecule has 2 nitrogen and oxygen atoms in total. The lowest BCUT2D eigenvalue weighted by Crippen LogP contribution is -1.98. The average Bonchev–Trinajstić information content (AvgIpc) is 2.27. The molecule has 0 aliphatic carbocycles. The van der Waals surface area contributed by atoms with Gasteiger partial charge in [0.25, 0.3) is 0 Å². The second-order valence-electron chi connectivity index (χ2n) is 3.49. The van der Waals surface area contributed by atoms with Gasteiger partial charge in [0.15, 0.2) is 0 Å². The number of nitrogens with two attached hydrogens (primary N) is 1. The fourth-order valence-electron chi connectivity index (χ4n) is 1.53. The van der Waals surface area contributed by atoms with Crippen LogP contribution in [0.5, 0.6) is 0 Å². The first kappa shape index (κ1) is 10.5. The van der Waals surface area contributed by atoms with Crippen LogP contribution in [0.2, 0.25) is 0 Å². The van der Waals surface area contributed by atoms with Crippen LogP contribution in [0, 0.1) is 18.6 Å². The van der Waals surface area contributed by atoms with E-state index in [9.17, 15) is 8.78 Å². The predicted octanol–water partition coefficient (Wildman–Crippen LogP) is 2.92. The van der Waals surface area contributed by atoms with E-state index in [4.69, 9.17) is 5.73 Å². The number of pyridine rings is 1. The van der Waals surface area contributed by atoms with Crippen LogP contribution in [-0.4, -0.2) is 4.98 Å². The summed E-state index contributed by atoms with van der Waals surface area (Å²) >= 11 is 0. The van der Waals surface area contributed by atoms with Gasteiger partial charge < -0.3 is 5.73 Å². The fourth-order valence-corrected chi connectivity index (χ4v) is 1.53. The number of hydrogen-bond acceptors (Lipinski definition) is 2. The zero-order chi connectivity index (χ0) is 11.7. The van der Waals surface area contributed by atoms with Crippen LogP contribution in [0.25, 0.3) is 11.1 Å². The Morgan fingerprint density at radius 1 is 1.19 bits per heavy atom. The van der Waals surface area contributed by atoms with E-state index in [1.54, 1.807) is 19.1 Å². The maximum absolute atomic E-state index is 13.8. The van der Waals surface area contributed by atoms with Crippen molar-refractivity contribution in [2.24, 2.45) is 0 Å². The molecule has 0 radical (unpaired) electrons. The summed E-state index contributed by atoms with van der Waals surface area (Å²) in [5.41, 5.74) is 6.13. The van der Waals surface area contributed by atoms with Crippen LogP contribution in [-0.2, 0) is 0 Å². The summed E-state index contributed by atoms with van der Waals surface area (Å²) in [4.78, 5) is 3.81. The molecule has 2 N–H and O–H groups in total. The van der Waals surface area contributed by atoms with Crippen molar-refractivity contribution in [1.29, 1.82) is 0 Å². The van der Waals surface area contributed by atoms with E-state index in [1.165, 1.54) is 18.3 Å². The number of hydrogen-bond donors (Lipinski definition) is 1. The topological polar surface area (TPSA) is 38.9 Å². The molecule has 0 bridgehead atoms. The van der Waals surface area contributed by atoms with Crippen molar-refractivity contribution in [2.45, 2.75) is 6.92 Å². The number of aryl methyl sites for hydroxylation is 1. The molecule has 1 aromatic heterocycles. The molecule has 0 saturated heterocycles. The van der Waals surface area contributed by atoms with Gasteiger partial charge in [-0.15, -0.1) is 0 Å². The number of anilines is 1. The van der Waals surface area contributed by atoms with Crippen LogP contribution in [0.3, 0.4) is 0 Å². The molecule has 2 aromatic rings. The Morgan fingerprint density at radius 3 is 2.62 bits per heavy atom. The Morgan fingerprint density at radius 2 is 1.94 bits per heavy atom. The van der Waals surface area contributed by atoms with Gasteiger partial charge in [0.05, 0.1) is 5.56 Å². The maximum atomic E-state index is 13.8. The molecule has 0 atom stereocenters. The van der Waals surface area contributed by atoms with E-state index in [1.807, 2.05) is 0 Å². The van der Waals surface area contributed by atoms with Crippen molar-refractivity contribution in [3.8, 4) is 11.1 Å². The molecule has 1 heterocycles. The molecular formula is C12H10F2N2. The lowest BCUT2D eigenvalue weighted by atomic mass is 10.0. The molecule has 0 fully saturated rings. The quantitative estimate of drug-likeness (QED) is 0.802. The van der Waals surface area contributed by atoms with E-state index in [0.29, 0.717) is 5.56 Å². The van der Waals surface area contributed by atoms with Crippen molar-refractivity contribution < 1.29 is 8.78 Å². The van der Waals surface area contributed by atoms with Crippen molar-refractivity contribution >= 4 is 5.82 Å². The zero-order valence-electron chi connectivity index (χ0n) is 8.67. The summed E-state index contributed by atoms with van der Waals surface area (Å²) in [6.07, 6.45) is 1.48. The lowest BCUT2D eigenvalue weighted by Gasteiger charge is -2.08. The highest BCUT2D eigenvalue weighted by molar-refractivity contribution is 5.74. The van der Waals surface area contributed by atoms with Crippen LogP contribution < -0.4 is 5.73 Å². The Balaban J connectivity index is 2.74. The van der Waals surface area contributed by atoms with E-state index in [-0.39, 0.29) is 16.9 Å². The smallest absolute Gasteiger partial charge is 0.137 e. The molecule has 0 aliphatic heterocycles. The molecule has 0 aliphatic rings. The molecule has 0 spiro atoms. The molecule has 0 unspecified atom stereocenters. The largest absolute Gasteiger partial charge is 0.383 e. The highest BCUT2D eigenvalue weighted by atomic mass is 19.1. The van der Waals surface area contributed by atoms with E-state index in [2.05, 4.69) is 4.98 Å². The first-order valence-electron chi connectivity index (χ1n) is 4.76. The van der Waals surface area contributed by atoms with Gasteiger partial charge in [0.1, 0.15) is 17.5 Å². The Labute approximate surface area is 91.7 Å². The number of benzene rings is 1. The summed E-state index contributed by atoms with van der Waals surface area (Å²) in [7, 11) is 0. The third-order valence-electron chi connectivity index (χ3n) is 2.39. The van der Waals surface area contributed by atoms with Gasteiger partial charge in [0.2, 0.25) is 0 Å². The second-order valence-corrected chi connectivity index (χ2v) is 3.49. The monoisotopic (exact) mass is 220 g/mol. The standard InChI is InChI=1S/C12H10F2N2/c1-7-4-5-9(13)10(11(7)14)8-3-2-6-16-12(8)15/h2-6H,1H3,(H2,15,16). The number of halogens is 2. The third kappa shape index (κ3) is 1.62. The highest BCUT2D eigenvalue weighted by Crippen LogP contribution is 2.30. The minimum Gasteiger partial charge on any atom is -0.383 e. The number of nitrogens with zero attached hydrogens (tertiary/aromatic N) is 1. The Bertz CT molecular complexity index is 539. The molecule has 4 heteroatoms. The predicted molar refractivity (Wildman–Crippen MR) is 58.7 cm³/mol. The summed E-state index contributed by atoms with van der Waals surface area (Å²) in [5.74, 6) is -1.12. The van der Waals surface area contributed by atoms with Gasteiger partial charge in [-0.1, -0.05) is 6.07 Å². The fraction of sp³-hybridized carbons (Fsp3) is 0.0833. The third-order valence-corrected chi connectivity index (χ3v) is 2.39. The first-order valence-corrected chi connectivity index (χ1v) is 4.76. The lowest BCUT2D eigenvalue weighted by molar-refractivity contribution is 0.584. The Hall–Kier alpha value is -1.97. The molecule has 0 amide bonds. The second kappa shape index (κ2) is 3.89. The SMILES string of the molecule is Cc1ccc(F)c(-c2cccnc2N)c1F. The average molecular weight is 220 g/mol. The van der Waals surface area contributed by atoms with Crippen LogP contribution >= 0.6 is 0 Å². The van der Waals surface area contributed by atoms with Crippen LogP contribution in [0.1, 0.15) is 5.56 Å². The van der Waals surface area contributed by atoms with Gasteiger partial charge in [0, 0.05) is 11.8 Å². The van der Waals surface area contributed by atoms with Gasteiger partial charge in [-0.2, -0.15) is 0 Å². The van der Waals surface area contributed by atoms with E-state index >= 15 is 0 Å². The first-order chi connectivity index (χ1) is 7.61. The Kier molecular flexibility index (Phi) is 2.56. The number of rotatable bonds is 1. The van der Waals surface area contributed by atoms with Crippen LogP contribution in [0.4, 0.5) is 14.6 Å². The maximum Gasteiger partial charge on any atom is 0.137 e. The molecule has 1 aromatic carbocycles. The molecule has 0 saturated carbocycles. The van der Waals surface area contributed by atoms with Crippen molar-refractivity contribution in [2.75, 3.05) is 5.73 Å². The number of nitrogen functional groups attached to an aromatic ring is 1. The van der Waals surface area contributed by atoms with Gasteiger partial charge in [-0.3, -0.25) is 0 Å². The molecular weight excluding hydrogens is 210 g/mol. The van der Waals surface area contributed by atoms with E-state index < -0.39 is 11.6 Å². The summed E-state index contributed by atoms with van der Waals surface area (Å²) in [6, 6.07) is 5.75. The molecule has 16 heavy (non-hydrogen) atoms.